The predicted octanol–water partition coefficient (Wildman–Crippen LogP) is 17.9. The van der Waals surface area contributed by atoms with Gasteiger partial charge in [-0.25, -0.2) is 0 Å². The van der Waals surface area contributed by atoms with Gasteiger partial charge in [0.1, 0.15) is 23.8 Å². The van der Waals surface area contributed by atoms with Crippen molar-refractivity contribution in [2.24, 2.45) is 110 Å². The zero-order valence-corrected chi connectivity index (χ0v) is 81.6. The van der Waals surface area contributed by atoms with Gasteiger partial charge in [-0.1, -0.05) is 52.3 Å². The van der Waals surface area contributed by atoms with E-state index in [1.165, 1.54) is 69.8 Å². The second-order valence-electron chi connectivity index (χ2n) is 45.9. The fourth-order valence-electron chi connectivity index (χ4n) is 33.2. The van der Waals surface area contributed by atoms with Gasteiger partial charge in [0.05, 0.1) is 126 Å². The summed E-state index contributed by atoms with van der Waals surface area (Å²) in [6.45, 7) is 36.5. The number of carbonyl (C=O) groups is 6. The van der Waals surface area contributed by atoms with E-state index in [-0.39, 0.29) is 85.8 Å². The highest BCUT2D eigenvalue weighted by Crippen LogP contribution is 2.72. The Bertz CT molecular complexity index is 4230. The van der Waals surface area contributed by atoms with Crippen LogP contribution in [-0.4, -0.2) is 213 Å². The summed E-state index contributed by atoms with van der Waals surface area (Å²) in [5, 5.41) is 0. The third-order valence-electron chi connectivity index (χ3n) is 40.1. The molecular weight excluding hydrogens is 1690 g/mol. The monoisotopic (exact) mass is 1850 g/mol. The lowest BCUT2D eigenvalue weighted by molar-refractivity contribution is -0.241. The molecule has 14 unspecified atom stereocenters. The number of allylic oxidation sites excluding steroid dienone is 4. The summed E-state index contributed by atoms with van der Waals surface area (Å²) < 4.78 is 112. The highest BCUT2D eigenvalue weighted by Gasteiger charge is 2.71. The molecule has 0 aromatic heterocycles. The fraction of sp³-hybridized carbons (Fsp3) is 0.888. The molecule has 0 radical (unpaired) electrons. The first-order chi connectivity index (χ1) is 63.4. The van der Waals surface area contributed by atoms with Gasteiger partial charge in [0.2, 0.25) is 0 Å². The number of ketones is 5. The average Bonchev–Trinajstić information content (AvgIpc) is 1.53. The third-order valence-corrected chi connectivity index (χ3v) is 40.1. The number of rotatable bonds is 13. The fourth-order valence-corrected chi connectivity index (χ4v) is 33.2. The van der Waals surface area contributed by atoms with Crippen LogP contribution in [0.15, 0.2) is 34.9 Å². The number of esters is 1. The van der Waals surface area contributed by atoms with Crippen molar-refractivity contribution < 1.29 is 119 Å². The van der Waals surface area contributed by atoms with E-state index in [1.807, 2.05) is 20.8 Å². The van der Waals surface area contributed by atoms with Crippen LogP contribution in [0.25, 0.3) is 0 Å². The van der Waals surface area contributed by atoms with Gasteiger partial charge in [-0.3, -0.25) is 28.8 Å². The zero-order valence-electron chi connectivity index (χ0n) is 81.6. The first kappa shape index (κ1) is 97.2. The summed E-state index contributed by atoms with van der Waals surface area (Å²) in [4.78, 5) is 71.5. The first-order valence-electron chi connectivity index (χ1n) is 52.8. The lowest BCUT2D eigenvalue weighted by atomic mass is 9.51. The molecule has 0 amide bonds. The second kappa shape index (κ2) is 38.3. The van der Waals surface area contributed by atoms with Crippen molar-refractivity contribution in [3.63, 3.8) is 0 Å². The van der Waals surface area contributed by atoms with Gasteiger partial charge in [-0.15, -0.1) is 0 Å². The summed E-state index contributed by atoms with van der Waals surface area (Å²) in [5.74, 6) is 6.02. The number of fused-ring (bicyclic) bond motifs is 20. The molecule has 9 heterocycles. The van der Waals surface area contributed by atoms with Crippen LogP contribution >= 0.6 is 0 Å². The Kier molecular flexibility index (Phi) is 28.2. The van der Waals surface area contributed by atoms with Crippen LogP contribution in [0.2, 0.25) is 0 Å². The predicted molar refractivity (Wildman–Crippen MR) is 484 cm³/mol. The highest BCUT2D eigenvalue weighted by molar-refractivity contribution is 5.97. The van der Waals surface area contributed by atoms with Crippen LogP contribution in [-0.2, 0) is 119 Å². The minimum Gasteiger partial charge on any atom is -0.466 e. The van der Waals surface area contributed by atoms with E-state index < -0.39 is 29.1 Å². The summed E-state index contributed by atoms with van der Waals surface area (Å²) >= 11 is 0. The molecule has 132 heavy (non-hydrogen) atoms. The molecule has 13 saturated carbocycles. The Balaban J connectivity index is 0.000000104. The molecule has 25 heteroatoms. The zero-order chi connectivity index (χ0) is 92.0. The van der Waals surface area contributed by atoms with Crippen molar-refractivity contribution in [1.82, 2.24) is 0 Å². The molecule has 0 bridgehead atoms. The SMILES string of the molecule is C=C1C(=O)CC[C@]2(C)C1CCC21OCCO1.CC1(CCC2=C3CC[C@]4(C)C(CCC45OCCO5)C3CCC2=O)OCCO1.CC1(CCC2C(=O)CCC3C2CC[C@]2(C)C3CCC23OCCO3)OCCO1.CCOC(=O)CC(=O)CCCC1(C)OCCO1.C[C@@]12CCC3C4CCC5(C=C4CCC3C1CCC21OCCO1)OCCO5.C[C@@]12CCC3CC(=O)CCC3C1CCC21OCCO1. The minimum absolute atomic E-state index is 0.0471. The Hall–Kier alpha value is -3.68. The van der Waals surface area contributed by atoms with Gasteiger partial charge in [0, 0.05) is 129 Å². The van der Waals surface area contributed by atoms with Crippen molar-refractivity contribution >= 4 is 34.9 Å². The molecule has 24 aliphatic rings. The number of hydrogen-bond donors (Lipinski definition) is 0. The lowest BCUT2D eigenvalue weighted by Gasteiger charge is -2.55. The molecule has 15 aliphatic carbocycles. The molecule has 0 aromatic carbocycles. The topological polar surface area (TPSA) is 278 Å². The van der Waals surface area contributed by atoms with Crippen molar-refractivity contribution in [3.05, 3.63) is 34.9 Å². The summed E-state index contributed by atoms with van der Waals surface area (Å²) in [7, 11) is 0. The maximum atomic E-state index is 12.8. The standard InChI is InChI=1S/C22H34O5.C22H32O5.C22H32O4.C16H24O3.C13H18O3.C12H20O5/c2*1-20-8-5-15-16(18(20)7-10-22(20)26-13-14-27-22)3-4-19(23)17(15)6-9-21(2)24-11-12-25-21;1-20-7-4-17-16-5-8-21(23-10-11-24-21)14-15(16)2-3-18(17)19(20)6-9-22(20)25-12-13-26-22;1-15-6-4-11-10-12(17)2-3-13(11)14(15)5-7-16(15)18-8-9-19-16;1-9-10-3-6-13(15-7-8-16-13)12(10,2)5-4-11(9)14;1-3-15-11(14)9-10(13)5-4-6-12(2)16-7-8-17-12/h15-18H,3-14H2,1-2H3;16,18H,3-14H2,1-2H3;14,16-19H,2-13H2,1H3;11,13-14H,2-10H2,1H3;10H,1,3-8H2,2H3;3-9H2,1-2H3/t15?,16?,17?,18?,20-;16?,18?,20-;16?,17?,18?,19?,20-;11?,13?,14?,15-;10?,12-;/m11111./s1. The maximum Gasteiger partial charge on any atom is 0.313 e. The van der Waals surface area contributed by atoms with E-state index in [9.17, 15) is 28.8 Å². The van der Waals surface area contributed by atoms with Crippen LogP contribution < -0.4 is 0 Å². The van der Waals surface area contributed by atoms with Gasteiger partial charge in [-0.2, -0.15) is 0 Å². The van der Waals surface area contributed by atoms with Crippen LogP contribution in [0, 0.1) is 110 Å². The van der Waals surface area contributed by atoms with Gasteiger partial charge < -0.3 is 90.0 Å². The molecule has 0 aromatic rings. The summed E-state index contributed by atoms with van der Waals surface area (Å²) in [5.41, 5.74) is 5.51. The van der Waals surface area contributed by atoms with Gasteiger partial charge in [-0.05, 0) is 270 Å². The molecular formula is C107H160O25. The van der Waals surface area contributed by atoms with Crippen molar-refractivity contribution in [2.45, 2.75) is 365 Å². The van der Waals surface area contributed by atoms with E-state index >= 15 is 0 Å². The van der Waals surface area contributed by atoms with Crippen molar-refractivity contribution in [2.75, 3.05) is 126 Å². The Labute approximate surface area is 784 Å². The van der Waals surface area contributed by atoms with E-state index in [4.69, 9.17) is 90.0 Å². The van der Waals surface area contributed by atoms with E-state index in [0.717, 1.165) is 254 Å². The number of Topliss-reactive ketones (excluding diaryl/α,β-unsaturated/α-hetero) is 5. The number of hydrogen-bond acceptors (Lipinski definition) is 25. The van der Waals surface area contributed by atoms with Crippen molar-refractivity contribution in [3.8, 4) is 0 Å². The van der Waals surface area contributed by atoms with Gasteiger partial charge in [0.25, 0.3) is 0 Å². The number of carbonyl (C=O) groups excluding carboxylic acids is 6. The smallest absolute Gasteiger partial charge is 0.313 e. The van der Waals surface area contributed by atoms with Crippen LogP contribution in [0.4, 0.5) is 0 Å². The lowest BCUT2D eigenvalue weighted by Crippen LogP contribution is -2.53. The molecule has 22 fully saturated rings. The number of ether oxygens (including phenoxy) is 19. The van der Waals surface area contributed by atoms with Gasteiger partial charge in [0.15, 0.2) is 63.7 Å². The van der Waals surface area contributed by atoms with Crippen LogP contribution in [0.3, 0.4) is 0 Å². The normalized spacial score (nSPS) is 41.2. The molecule has 9 aliphatic heterocycles. The summed E-state index contributed by atoms with van der Waals surface area (Å²) in [6.07, 6.45) is 40.0. The first-order valence-corrected chi connectivity index (χ1v) is 52.8. The van der Waals surface area contributed by atoms with E-state index in [0.29, 0.717) is 150 Å². The Morgan fingerprint density at radius 2 is 0.833 bits per heavy atom. The maximum absolute atomic E-state index is 12.8. The quantitative estimate of drug-likeness (QED) is 0.0717. The second-order valence-corrected chi connectivity index (χ2v) is 45.9. The molecule has 0 N–H and O–H groups in total. The average molecular weight is 1850 g/mol. The van der Waals surface area contributed by atoms with Crippen molar-refractivity contribution in [1.29, 1.82) is 0 Å². The van der Waals surface area contributed by atoms with Crippen LogP contribution in [0.5, 0.6) is 0 Å². The largest absolute Gasteiger partial charge is 0.466 e. The molecule has 25 nitrogen and oxygen atoms in total. The molecule has 6 spiro atoms. The van der Waals surface area contributed by atoms with Gasteiger partial charge >= 0.3 is 5.97 Å². The van der Waals surface area contributed by atoms with E-state index in [2.05, 4.69) is 47.3 Å². The highest BCUT2D eigenvalue weighted by atomic mass is 16.8. The Morgan fingerprint density at radius 1 is 0.386 bits per heavy atom. The molecule has 738 valence electrons. The van der Waals surface area contributed by atoms with Crippen LogP contribution in [0.1, 0.15) is 313 Å². The molecule has 24 rings (SSSR count). The summed E-state index contributed by atoms with van der Waals surface area (Å²) in [6, 6.07) is 0. The third kappa shape index (κ3) is 17.4. The molecule has 9 saturated heterocycles. The van der Waals surface area contributed by atoms with E-state index in [1.54, 1.807) is 12.5 Å². The minimum atomic E-state index is -0.551. The Morgan fingerprint density at radius 3 is 1.39 bits per heavy atom. The molecule has 19 atom stereocenters.